The third-order valence-corrected chi connectivity index (χ3v) is 7.68. The molecule has 0 fully saturated rings. The van der Waals surface area contributed by atoms with Crippen molar-refractivity contribution in [2.75, 3.05) is 0 Å². The van der Waals surface area contributed by atoms with E-state index in [1.54, 1.807) is 0 Å². The number of rotatable bonds is 12. The maximum Gasteiger partial charge on any atom is 0.303 e. The molecule has 0 bridgehead atoms. The molecule has 2 aromatic heterocycles. The number of carboxylic acids is 1. The van der Waals surface area contributed by atoms with Gasteiger partial charge in [0.15, 0.2) is 0 Å². The Morgan fingerprint density at radius 1 is 0.800 bits per heavy atom. The lowest BCUT2D eigenvalue weighted by Gasteiger charge is -2.17. The van der Waals surface area contributed by atoms with E-state index in [9.17, 15) is 9.90 Å². The quantitative estimate of drug-likeness (QED) is 0.178. The molecule has 2 heterocycles. The van der Waals surface area contributed by atoms with Gasteiger partial charge in [0.05, 0.1) is 11.2 Å². The van der Waals surface area contributed by atoms with Crippen LogP contribution < -0.4 is 0 Å². The summed E-state index contributed by atoms with van der Waals surface area (Å²) in [7, 11) is 0. The summed E-state index contributed by atoms with van der Waals surface area (Å²) in [5.74, 6) is 0.550. The van der Waals surface area contributed by atoms with E-state index in [0.717, 1.165) is 66.0 Å². The number of hydrogen-bond donors (Lipinski definition) is 1. The maximum absolute atomic E-state index is 11.2. The fraction of sp³-hybridized carbons (Fsp3) is 0.286. The second-order valence-electron chi connectivity index (χ2n) is 10.7. The SMILES string of the molecule is Cc1cc2c(nc(CCCc3ccccc3)n2-c2ccc(CCC(CCC(=O)O)c3ccccc3)cc2)c(C)n1. The number of fused-ring (bicyclic) bond motifs is 1. The molecule has 1 N–H and O–H groups in total. The van der Waals surface area contributed by atoms with Crippen LogP contribution >= 0.6 is 0 Å². The van der Waals surface area contributed by atoms with Gasteiger partial charge in [-0.1, -0.05) is 72.8 Å². The van der Waals surface area contributed by atoms with Crippen molar-refractivity contribution in [1.29, 1.82) is 0 Å². The maximum atomic E-state index is 11.2. The Bertz CT molecular complexity index is 1560. The molecule has 5 nitrogen and oxygen atoms in total. The summed E-state index contributed by atoms with van der Waals surface area (Å²) < 4.78 is 2.30. The van der Waals surface area contributed by atoms with Gasteiger partial charge in [0.25, 0.3) is 0 Å². The molecule has 5 rings (SSSR count). The highest BCUT2D eigenvalue weighted by atomic mass is 16.4. The first-order chi connectivity index (χ1) is 19.5. The Morgan fingerprint density at radius 3 is 2.17 bits per heavy atom. The Hall–Kier alpha value is -4.25. The molecular weight excluding hydrogens is 494 g/mol. The largest absolute Gasteiger partial charge is 0.481 e. The monoisotopic (exact) mass is 531 g/mol. The molecule has 1 unspecified atom stereocenters. The fourth-order valence-electron chi connectivity index (χ4n) is 5.63. The summed E-state index contributed by atoms with van der Waals surface area (Å²) in [4.78, 5) is 21.0. The van der Waals surface area contributed by atoms with E-state index in [1.807, 2.05) is 32.0 Å². The number of carboxylic acid groups (broad SMARTS) is 1. The highest BCUT2D eigenvalue weighted by molar-refractivity contribution is 5.80. The fourth-order valence-corrected chi connectivity index (χ4v) is 5.63. The van der Waals surface area contributed by atoms with Gasteiger partial charge in [-0.3, -0.25) is 14.3 Å². The molecule has 0 aliphatic carbocycles. The van der Waals surface area contributed by atoms with Crippen LogP contribution in [0.2, 0.25) is 0 Å². The predicted octanol–water partition coefficient (Wildman–Crippen LogP) is 7.79. The number of benzene rings is 3. The van der Waals surface area contributed by atoms with E-state index >= 15 is 0 Å². The van der Waals surface area contributed by atoms with Crippen molar-refractivity contribution in [1.82, 2.24) is 14.5 Å². The van der Waals surface area contributed by atoms with Crippen molar-refractivity contribution in [2.45, 2.75) is 64.7 Å². The molecule has 40 heavy (non-hydrogen) atoms. The molecule has 0 saturated heterocycles. The van der Waals surface area contributed by atoms with Crippen molar-refractivity contribution < 1.29 is 9.90 Å². The first-order valence-electron chi connectivity index (χ1n) is 14.2. The summed E-state index contributed by atoms with van der Waals surface area (Å²) in [6, 6.07) is 31.8. The number of carbonyl (C=O) groups is 1. The lowest BCUT2D eigenvalue weighted by molar-refractivity contribution is -0.137. The second kappa shape index (κ2) is 12.7. The van der Waals surface area contributed by atoms with Crippen molar-refractivity contribution in [2.24, 2.45) is 0 Å². The molecule has 0 spiro atoms. The topological polar surface area (TPSA) is 68.0 Å². The second-order valence-corrected chi connectivity index (χ2v) is 10.7. The van der Waals surface area contributed by atoms with Crippen LogP contribution in [-0.2, 0) is 24.1 Å². The summed E-state index contributed by atoms with van der Waals surface area (Å²) in [6.45, 7) is 4.08. The number of imidazole rings is 1. The van der Waals surface area contributed by atoms with E-state index in [1.165, 1.54) is 16.7 Å². The molecule has 0 aliphatic heterocycles. The number of nitrogens with zero attached hydrogens (tertiary/aromatic N) is 3. The molecular formula is C35H37N3O2. The van der Waals surface area contributed by atoms with Gasteiger partial charge < -0.3 is 5.11 Å². The smallest absolute Gasteiger partial charge is 0.303 e. The minimum absolute atomic E-state index is 0.187. The van der Waals surface area contributed by atoms with Gasteiger partial charge in [0.2, 0.25) is 0 Å². The Morgan fingerprint density at radius 2 is 1.48 bits per heavy atom. The lowest BCUT2D eigenvalue weighted by Crippen LogP contribution is -2.05. The highest BCUT2D eigenvalue weighted by Gasteiger charge is 2.17. The van der Waals surface area contributed by atoms with Crippen LogP contribution in [-0.4, -0.2) is 25.6 Å². The number of hydrogen-bond acceptors (Lipinski definition) is 3. The Kier molecular flexibility index (Phi) is 8.70. The summed E-state index contributed by atoms with van der Waals surface area (Å²) in [5, 5.41) is 9.25. The highest BCUT2D eigenvalue weighted by Crippen LogP contribution is 2.28. The van der Waals surface area contributed by atoms with Crippen LogP contribution in [0.3, 0.4) is 0 Å². The van der Waals surface area contributed by atoms with Crippen LogP contribution in [0.1, 0.15) is 65.5 Å². The standard InChI is InChI=1S/C35H37N3O2/c1-25-24-32-35(26(2)36-25)37-33(15-9-12-27-10-5-3-6-11-27)38(32)31-21-17-28(18-22-31)16-19-30(20-23-34(39)40)29-13-7-4-8-14-29/h3-8,10-11,13-14,17-18,21-22,24,30H,9,12,15-16,19-20,23H2,1-2H3,(H,39,40). The zero-order chi connectivity index (χ0) is 27.9. The molecule has 3 aromatic carbocycles. The Balaban J connectivity index is 1.36. The molecule has 1 atom stereocenters. The van der Waals surface area contributed by atoms with Crippen LogP contribution in [0.15, 0.2) is 91.0 Å². The molecule has 0 amide bonds. The van der Waals surface area contributed by atoms with Gasteiger partial charge in [0.1, 0.15) is 11.3 Å². The number of pyridine rings is 1. The number of aryl methyl sites for hydroxylation is 5. The van der Waals surface area contributed by atoms with E-state index in [0.29, 0.717) is 6.42 Å². The molecule has 204 valence electrons. The first-order valence-corrected chi connectivity index (χ1v) is 14.2. The average molecular weight is 532 g/mol. The van der Waals surface area contributed by atoms with Gasteiger partial charge in [-0.15, -0.1) is 0 Å². The van der Waals surface area contributed by atoms with E-state index in [-0.39, 0.29) is 12.3 Å². The molecule has 0 radical (unpaired) electrons. The predicted molar refractivity (Wildman–Crippen MR) is 161 cm³/mol. The van der Waals surface area contributed by atoms with Gasteiger partial charge in [-0.25, -0.2) is 4.98 Å². The van der Waals surface area contributed by atoms with Crippen LogP contribution in [0, 0.1) is 13.8 Å². The van der Waals surface area contributed by atoms with Crippen molar-refractivity contribution in [3.05, 3.63) is 125 Å². The van der Waals surface area contributed by atoms with Crippen molar-refractivity contribution in [3.8, 4) is 5.69 Å². The van der Waals surface area contributed by atoms with Gasteiger partial charge in [-0.05, 0) is 86.8 Å². The Labute approximate surface area is 236 Å². The van der Waals surface area contributed by atoms with Gasteiger partial charge in [-0.2, -0.15) is 0 Å². The summed E-state index contributed by atoms with van der Waals surface area (Å²) in [6.07, 6.45) is 5.57. The molecule has 0 saturated carbocycles. The number of aliphatic carboxylic acids is 1. The van der Waals surface area contributed by atoms with Gasteiger partial charge >= 0.3 is 5.97 Å². The normalized spacial score (nSPS) is 12.1. The zero-order valence-corrected chi connectivity index (χ0v) is 23.4. The molecule has 5 aromatic rings. The first kappa shape index (κ1) is 27.3. The average Bonchev–Trinajstić information content (AvgIpc) is 3.32. The zero-order valence-electron chi connectivity index (χ0n) is 23.4. The molecule has 5 heteroatoms. The summed E-state index contributed by atoms with van der Waals surface area (Å²) in [5.41, 5.74) is 8.94. The van der Waals surface area contributed by atoms with E-state index in [2.05, 4.69) is 82.3 Å². The third kappa shape index (κ3) is 6.66. The summed E-state index contributed by atoms with van der Waals surface area (Å²) >= 11 is 0. The van der Waals surface area contributed by atoms with Crippen LogP contribution in [0.5, 0.6) is 0 Å². The molecule has 0 aliphatic rings. The van der Waals surface area contributed by atoms with Crippen LogP contribution in [0.4, 0.5) is 0 Å². The number of aromatic nitrogens is 3. The lowest BCUT2D eigenvalue weighted by atomic mass is 9.88. The van der Waals surface area contributed by atoms with Crippen LogP contribution in [0.25, 0.3) is 16.7 Å². The van der Waals surface area contributed by atoms with E-state index in [4.69, 9.17) is 4.98 Å². The minimum Gasteiger partial charge on any atom is -0.481 e. The van der Waals surface area contributed by atoms with E-state index < -0.39 is 5.97 Å². The van der Waals surface area contributed by atoms with Crippen molar-refractivity contribution in [3.63, 3.8) is 0 Å². The third-order valence-electron chi connectivity index (χ3n) is 7.68. The minimum atomic E-state index is -0.738. The van der Waals surface area contributed by atoms with Gasteiger partial charge in [0, 0.05) is 24.2 Å². The van der Waals surface area contributed by atoms with Crippen molar-refractivity contribution >= 4 is 17.0 Å².